The van der Waals surface area contributed by atoms with Gasteiger partial charge in [0.2, 0.25) is 0 Å². The van der Waals surface area contributed by atoms with E-state index in [2.05, 4.69) is 4.98 Å². The van der Waals surface area contributed by atoms with E-state index in [1.807, 2.05) is 0 Å². The first-order valence-electron chi connectivity index (χ1n) is 6.91. The van der Waals surface area contributed by atoms with Gasteiger partial charge in [0.1, 0.15) is 5.03 Å². The molecule has 0 amide bonds. The van der Waals surface area contributed by atoms with Crippen molar-refractivity contribution < 1.29 is 18.1 Å². The highest BCUT2D eigenvalue weighted by atomic mass is 32.2. The van der Waals surface area contributed by atoms with Gasteiger partial charge in [0, 0.05) is 18.3 Å². The summed E-state index contributed by atoms with van der Waals surface area (Å²) in [4.78, 5) is 14.7. The molecule has 0 aliphatic rings. The standard InChI is InChI=1S/C15H14F3N3O2S/c1-9(19)6-10-2-4-13(12(7-10)21(22)23)24-14-5-3-11(8-20-14)15(16,17)18/h2-5,7-9H,6,19H2,1H3. The fourth-order valence-electron chi connectivity index (χ4n) is 2.01. The Balaban J connectivity index is 2.27. The molecule has 1 unspecified atom stereocenters. The van der Waals surface area contributed by atoms with E-state index in [1.165, 1.54) is 12.1 Å². The molecule has 0 fully saturated rings. The minimum absolute atomic E-state index is 0.125. The summed E-state index contributed by atoms with van der Waals surface area (Å²) in [6.07, 6.45) is -3.27. The highest BCUT2D eigenvalue weighted by Gasteiger charge is 2.30. The Morgan fingerprint density at radius 1 is 1.33 bits per heavy atom. The van der Waals surface area contributed by atoms with E-state index in [9.17, 15) is 23.3 Å². The van der Waals surface area contributed by atoms with Crippen LogP contribution in [0, 0.1) is 10.1 Å². The number of nitrogens with two attached hydrogens (primary N) is 1. The number of nitrogens with zero attached hydrogens (tertiary/aromatic N) is 2. The van der Waals surface area contributed by atoms with Crippen molar-refractivity contribution in [3.05, 3.63) is 57.8 Å². The van der Waals surface area contributed by atoms with Crippen LogP contribution in [-0.2, 0) is 12.6 Å². The van der Waals surface area contributed by atoms with E-state index in [0.29, 0.717) is 17.5 Å². The van der Waals surface area contributed by atoms with Gasteiger partial charge < -0.3 is 5.73 Å². The summed E-state index contributed by atoms with van der Waals surface area (Å²) in [5, 5.41) is 11.5. The molecule has 2 aromatic rings. The molecule has 0 aliphatic heterocycles. The van der Waals surface area contributed by atoms with E-state index < -0.39 is 16.7 Å². The van der Waals surface area contributed by atoms with E-state index in [1.54, 1.807) is 19.1 Å². The average molecular weight is 357 g/mol. The first-order chi connectivity index (χ1) is 11.2. The van der Waals surface area contributed by atoms with Crippen molar-refractivity contribution in [3.8, 4) is 0 Å². The van der Waals surface area contributed by atoms with Crippen molar-refractivity contribution in [2.45, 2.75) is 35.5 Å². The number of hydrogen-bond donors (Lipinski definition) is 1. The van der Waals surface area contributed by atoms with E-state index in [0.717, 1.165) is 23.4 Å². The summed E-state index contributed by atoms with van der Waals surface area (Å²) in [5.74, 6) is 0. The number of nitro benzene ring substituents is 1. The zero-order chi connectivity index (χ0) is 17.9. The van der Waals surface area contributed by atoms with Gasteiger partial charge in [-0.1, -0.05) is 17.8 Å². The smallest absolute Gasteiger partial charge is 0.328 e. The zero-order valence-corrected chi connectivity index (χ0v) is 13.4. The number of halogens is 3. The Labute approximate surface area is 140 Å². The van der Waals surface area contributed by atoms with E-state index >= 15 is 0 Å². The summed E-state index contributed by atoms with van der Waals surface area (Å²) >= 11 is 0.938. The van der Waals surface area contributed by atoms with E-state index in [4.69, 9.17) is 5.73 Å². The number of hydrogen-bond acceptors (Lipinski definition) is 5. The molecule has 128 valence electrons. The second-order valence-corrected chi connectivity index (χ2v) is 6.29. The lowest BCUT2D eigenvalue weighted by molar-refractivity contribution is -0.387. The molecule has 1 aromatic heterocycles. The summed E-state index contributed by atoms with van der Waals surface area (Å²) < 4.78 is 37.6. The minimum atomic E-state index is -4.47. The van der Waals surface area contributed by atoms with Crippen molar-refractivity contribution >= 4 is 17.4 Å². The number of alkyl halides is 3. The maximum absolute atomic E-state index is 12.5. The van der Waals surface area contributed by atoms with Gasteiger partial charge in [0.25, 0.3) is 5.69 Å². The van der Waals surface area contributed by atoms with Crippen molar-refractivity contribution in [1.29, 1.82) is 0 Å². The van der Waals surface area contributed by atoms with Crippen LogP contribution in [0.25, 0.3) is 0 Å². The monoisotopic (exact) mass is 357 g/mol. The molecular formula is C15H14F3N3O2S. The summed E-state index contributed by atoms with van der Waals surface area (Å²) in [6, 6.07) is 6.64. The molecule has 24 heavy (non-hydrogen) atoms. The van der Waals surface area contributed by atoms with Crippen LogP contribution in [0.4, 0.5) is 18.9 Å². The third-order valence-corrected chi connectivity index (χ3v) is 4.07. The molecule has 2 N–H and O–H groups in total. The number of nitro groups is 1. The first-order valence-corrected chi connectivity index (χ1v) is 7.72. The Morgan fingerprint density at radius 3 is 2.54 bits per heavy atom. The highest BCUT2D eigenvalue weighted by Crippen LogP contribution is 2.36. The third kappa shape index (κ3) is 4.68. The predicted octanol–water partition coefficient (Wildman–Crippen LogP) is 4.05. The Bertz CT molecular complexity index is 734. The number of benzene rings is 1. The molecule has 0 aliphatic carbocycles. The molecule has 5 nitrogen and oxygen atoms in total. The lowest BCUT2D eigenvalue weighted by Crippen LogP contribution is -2.17. The molecule has 0 spiro atoms. The van der Waals surface area contributed by atoms with Crippen LogP contribution in [0.5, 0.6) is 0 Å². The molecule has 0 radical (unpaired) electrons. The normalized spacial score (nSPS) is 12.9. The van der Waals surface area contributed by atoms with Crippen LogP contribution in [0.1, 0.15) is 18.1 Å². The molecule has 0 bridgehead atoms. The van der Waals surface area contributed by atoms with Crippen molar-refractivity contribution in [1.82, 2.24) is 4.98 Å². The first kappa shape index (κ1) is 18.2. The molecule has 0 saturated heterocycles. The van der Waals surface area contributed by atoms with Gasteiger partial charge in [0.05, 0.1) is 15.4 Å². The van der Waals surface area contributed by atoms with Gasteiger partial charge in [-0.15, -0.1) is 0 Å². The minimum Gasteiger partial charge on any atom is -0.328 e. The van der Waals surface area contributed by atoms with Crippen molar-refractivity contribution in [3.63, 3.8) is 0 Å². The SMILES string of the molecule is CC(N)Cc1ccc(Sc2ccc(C(F)(F)F)cn2)c([N+](=O)[O-])c1. The van der Waals surface area contributed by atoms with Gasteiger partial charge >= 0.3 is 6.18 Å². The number of rotatable bonds is 5. The van der Waals surface area contributed by atoms with Crippen LogP contribution in [-0.4, -0.2) is 15.9 Å². The summed E-state index contributed by atoms with van der Waals surface area (Å²) in [6.45, 7) is 1.79. The van der Waals surface area contributed by atoms with Gasteiger partial charge in [-0.3, -0.25) is 10.1 Å². The second-order valence-electron chi connectivity index (χ2n) is 5.23. The van der Waals surface area contributed by atoms with Gasteiger partial charge in [-0.25, -0.2) is 4.98 Å². The van der Waals surface area contributed by atoms with Crippen LogP contribution in [0.2, 0.25) is 0 Å². The van der Waals surface area contributed by atoms with Crippen molar-refractivity contribution in [2.75, 3.05) is 0 Å². The van der Waals surface area contributed by atoms with Crippen LogP contribution >= 0.6 is 11.8 Å². The molecule has 1 heterocycles. The van der Waals surface area contributed by atoms with Gasteiger partial charge in [0.15, 0.2) is 0 Å². The zero-order valence-electron chi connectivity index (χ0n) is 12.6. The quantitative estimate of drug-likeness (QED) is 0.645. The molecular weight excluding hydrogens is 343 g/mol. The molecule has 1 aromatic carbocycles. The highest BCUT2D eigenvalue weighted by molar-refractivity contribution is 7.99. The molecule has 2 rings (SSSR count). The number of pyridine rings is 1. The Kier molecular flexibility index (Phi) is 5.45. The van der Waals surface area contributed by atoms with E-state index in [-0.39, 0.29) is 16.8 Å². The van der Waals surface area contributed by atoms with Crippen molar-refractivity contribution in [2.24, 2.45) is 5.73 Å². The van der Waals surface area contributed by atoms with Gasteiger partial charge in [-0.2, -0.15) is 13.2 Å². The maximum atomic E-state index is 12.5. The average Bonchev–Trinajstić information content (AvgIpc) is 2.47. The third-order valence-electron chi connectivity index (χ3n) is 3.06. The fourth-order valence-corrected chi connectivity index (χ4v) is 2.85. The Morgan fingerprint density at radius 2 is 2.04 bits per heavy atom. The summed E-state index contributed by atoms with van der Waals surface area (Å²) in [7, 11) is 0. The molecule has 9 heteroatoms. The molecule has 1 atom stereocenters. The largest absolute Gasteiger partial charge is 0.417 e. The maximum Gasteiger partial charge on any atom is 0.417 e. The Hall–Kier alpha value is -2.13. The van der Waals surface area contributed by atoms with Crippen LogP contribution in [0.3, 0.4) is 0 Å². The second kappa shape index (κ2) is 7.18. The van der Waals surface area contributed by atoms with Crippen LogP contribution < -0.4 is 5.73 Å². The lowest BCUT2D eigenvalue weighted by atomic mass is 10.1. The molecule has 0 saturated carbocycles. The lowest BCUT2D eigenvalue weighted by Gasteiger charge is -2.09. The number of aromatic nitrogens is 1. The van der Waals surface area contributed by atoms with Gasteiger partial charge in [-0.05, 0) is 37.1 Å². The topological polar surface area (TPSA) is 82.0 Å². The predicted molar refractivity (Wildman–Crippen MR) is 83.8 cm³/mol. The summed E-state index contributed by atoms with van der Waals surface area (Å²) in [5.41, 5.74) is 5.42. The fraction of sp³-hybridized carbons (Fsp3) is 0.267. The van der Waals surface area contributed by atoms with Crippen LogP contribution in [0.15, 0.2) is 46.5 Å².